The molecule has 1 saturated carbocycles. The van der Waals surface area contributed by atoms with Crippen LogP contribution in [0.1, 0.15) is 51.8 Å². The predicted octanol–water partition coefficient (Wildman–Crippen LogP) is 3.45. The van der Waals surface area contributed by atoms with E-state index in [1.165, 1.54) is 35.1 Å². The number of ether oxygens (including phenoxy) is 1. The van der Waals surface area contributed by atoms with E-state index < -0.39 is 29.1 Å². The Kier molecular flexibility index (Phi) is 6.70. The summed E-state index contributed by atoms with van der Waals surface area (Å²) in [4.78, 5) is 56.4. The number of nitrogens with zero attached hydrogens (tertiary/aromatic N) is 3. The summed E-state index contributed by atoms with van der Waals surface area (Å²) in [6.07, 6.45) is 3.03. The first kappa shape index (κ1) is 24.6. The molecule has 5 rings (SSSR count). The maximum Gasteiger partial charge on any atom is 0.337 e. The molecule has 1 aromatic carbocycles. The van der Waals surface area contributed by atoms with Gasteiger partial charge in [0.05, 0.1) is 34.8 Å². The van der Waals surface area contributed by atoms with Gasteiger partial charge in [-0.25, -0.2) is 23.5 Å². The number of rotatable bonds is 5. The molecule has 190 valence electrons. The minimum absolute atomic E-state index is 0.00781. The molecule has 0 saturated heterocycles. The Morgan fingerprint density at radius 1 is 1.11 bits per heavy atom. The Hall–Kier alpha value is -4.12. The Labute approximate surface area is 214 Å². The molecule has 3 aromatic heterocycles. The van der Waals surface area contributed by atoms with Crippen molar-refractivity contribution in [2.75, 3.05) is 7.11 Å². The van der Waals surface area contributed by atoms with Crippen LogP contribution >= 0.6 is 11.3 Å². The van der Waals surface area contributed by atoms with E-state index in [0.29, 0.717) is 36.2 Å². The minimum Gasteiger partial charge on any atom is -0.465 e. The number of carbonyl (C=O) groups is 2. The van der Waals surface area contributed by atoms with Crippen LogP contribution in [0.4, 0.5) is 4.39 Å². The van der Waals surface area contributed by atoms with Crippen LogP contribution < -0.4 is 16.6 Å². The van der Waals surface area contributed by atoms with E-state index in [4.69, 9.17) is 4.74 Å². The van der Waals surface area contributed by atoms with Crippen LogP contribution in [-0.2, 0) is 4.74 Å². The maximum atomic E-state index is 14.1. The predicted molar refractivity (Wildman–Crippen MR) is 136 cm³/mol. The van der Waals surface area contributed by atoms with Crippen molar-refractivity contribution in [2.45, 2.75) is 37.8 Å². The molecule has 1 fully saturated rings. The average molecular weight is 523 g/mol. The summed E-state index contributed by atoms with van der Waals surface area (Å²) in [5.74, 6) is -1.44. The maximum absolute atomic E-state index is 14.1. The number of hydrogen-bond donors (Lipinski definition) is 1. The summed E-state index contributed by atoms with van der Waals surface area (Å²) in [5, 5.41) is 4.81. The highest BCUT2D eigenvalue weighted by Crippen LogP contribution is 2.28. The lowest BCUT2D eigenvalue weighted by molar-refractivity contribution is 0.0600. The van der Waals surface area contributed by atoms with Crippen molar-refractivity contribution in [1.29, 1.82) is 0 Å². The number of hydrogen-bond acceptors (Lipinski definition) is 7. The fourth-order valence-corrected chi connectivity index (χ4v) is 5.40. The van der Waals surface area contributed by atoms with Crippen molar-refractivity contribution in [3.05, 3.63) is 91.1 Å². The first-order valence-electron chi connectivity index (χ1n) is 11.7. The van der Waals surface area contributed by atoms with E-state index in [1.54, 1.807) is 18.2 Å². The van der Waals surface area contributed by atoms with E-state index in [0.717, 1.165) is 16.8 Å². The van der Waals surface area contributed by atoms with Crippen LogP contribution in [0.5, 0.6) is 0 Å². The first-order chi connectivity index (χ1) is 17.9. The number of carbonyl (C=O) groups excluding carboxylic acids is 2. The highest BCUT2D eigenvalue weighted by molar-refractivity contribution is 7.12. The number of pyridine rings is 1. The summed E-state index contributed by atoms with van der Waals surface area (Å²) < 4.78 is 21.3. The standard InChI is InChI=1S/C26H23FN4O5S/c1-36-25(34)15-4-2-5-19(12-15)30-22-20(13-16(27)14-28-22)24(33)31(26(30)35)18-9-7-17(8-10-18)29-23(32)21-6-3-11-37-21/h2-6,11-14,17-18H,7-10H2,1H3,(H,29,32). The molecule has 1 N–H and O–H groups in total. The van der Waals surface area contributed by atoms with Gasteiger partial charge in [-0.15, -0.1) is 11.3 Å². The van der Waals surface area contributed by atoms with E-state index in [9.17, 15) is 23.6 Å². The van der Waals surface area contributed by atoms with Gasteiger partial charge in [0.25, 0.3) is 11.5 Å². The monoisotopic (exact) mass is 522 g/mol. The van der Waals surface area contributed by atoms with Crippen molar-refractivity contribution < 1.29 is 18.7 Å². The fraction of sp³-hybridized carbons (Fsp3) is 0.269. The molecule has 0 spiro atoms. The van der Waals surface area contributed by atoms with Gasteiger partial charge in [-0.1, -0.05) is 12.1 Å². The number of thiophene rings is 1. The van der Waals surface area contributed by atoms with Gasteiger partial charge in [-0.2, -0.15) is 0 Å². The topological polar surface area (TPSA) is 112 Å². The number of methoxy groups -OCH3 is 1. The molecule has 1 aliphatic rings. The molecule has 3 heterocycles. The van der Waals surface area contributed by atoms with Gasteiger partial charge < -0.3 is 10.1 Å². The SMILES string of the molecule is COC(=O)c1cccc(-n2c(=O)n(C3CCC(NC(=O)c4cccs4)CC3)c(=O)c3cc(F)cnc32)c1. The number of aromatic nitrogens is 3. The molecular formula is C26H23FN4O5S. The highest BCUT2D eigenvalue weighted by atomic mass is 32.1. The van der Waals surface area contributed by atoms with E-state index >= 15 is 0 Å². The number of fused-ring (bicyclic) bond motifs is 1. The summed E-state index contributed by atoms with van der Waals surface area (Å²) in [5.41, 5.74) is -0.765. The van der Waals surface area contributed by atoms with Gasteiger partial charge in [0.1, 0.15) is 5.82 Å². The Morgan fingerprint density at radius 2 is 1.89 bits per heavy atom. The number of benzene rings is 1. The van der Waals surface area contributed by atoms with Crippen molar-refractivity contribution in [2.24, 2.45) is 0 Å². The zero-order chi connectivity index (χ0) is 26.1. The molecule has 0 aliphatic heterocycles. The van der Waals surface area contributed by atoms with Crippen LogP contribution in [0, 0.1) is 5.82 Å². The van der Waals surface area contributed by atoms with Crippen molar-refractivity contribution in [3.8, 4) is 5.69 Å². The molecule has 1 amide bonds. The average Bonchev–Trinajstić information content (AvgIpc) is 3.45. The van der Waals surface area contributed by atoms with E-state index in [-0.39, 0.29) is 28.5 Å². The molecule has 11 heteroatoms. The molecule has 0 radical (unpaired) electrons. The van der Waals surface area contributed by atoms with Gasteiger partial charge in [0.2, 0.25) is 0 Å². The fourth-order valence-electron chi connectivity index (χ4n) is 4.77. The van der Waals surface area contributed by atoms with Crippen molar-refractivity contribution in [1.82, 2.24) is 19.4 Å². The van der Waals surface area contributed by atoms with Crippen LogP contribution in [0.3, 0.4) is 0 Å². The second-order valence-corrected chi connectivity index (χ2v) is 9.76. The highest BCUT2D eigenvalue weighted by Gasteiger charge is 2.28. The van der Waals surface area contributed by atoms with E-state index in [1.807, 2.05) is 11.4 Å². The van der Waals surface area contributed by atoms with Gasteiger partial charge in [-0.3, -0.25) is 14.2 Å². The van der Waals surface area contributed by atoms with Crippen molar-refractivity contribution >= 4 is 34.2 Å². The number of esters is 1. The van der Waals surface area contributed by atoms with Crippen molar-refractivity contribution in [3.63, 3.8) is 0 Å². The lowest BCUT2D eigenvalue weighted by Gasteiger charge is -2.30. The van der Waals surface area contributed by atoms with Gasteiger partial charge in [0.15, 0.2) is 5.65 Å². The zero-order valence-electron chi connectivity index (χ0n) is 19.8. The minimum atomic E-state index is -0.704. The molecule has 0 bridgehead atoms. The summed E-state index contributed by atoms with van der Waals surface area (Å²) in [7, 11) is 1.25. The van der Waals surface area contributed by atoms with Crippen LogP contribution in [0.25, 0.3) is 16.7 Å². The molecule has 1 aliphatic carbocycles. The largest absolute Gasteiger partial charge is 0.465 e. The molecule has 37 heavy (non-hydrogen) atoms. The van der Waals surface area contributed by atoms with Gasteiger partial charge >= 0.3 is 11.7 Å². The Balaban J connectivity index is 1.53. The molecule has 0 unspecified atom stereocenters. The smallest absolute Gasteiger partial charge is 0.337 e. The first-order valence-corrected chi connectivity index (χ1v) is 12.6. The second-order valence-electron chi connectivity index (χ2n) is 8.82. The van der Waals surface area contributed by atoms with E-state index in [2.05, 4.69) is 10.3 Å². The number of nitrogens with one attached hydrogen (secondary N) is 1. The third-order valence-electron chi connectivity index (χ3n) is 6.56. The molecular weight excluding hydrogens is 499 g/mol. The quantitative estimate of drug-likeness (QED) is 0.402. The lowest BCUT2D eigenvalue weighted by atomic mass is 9.91. The lowest BCUT2D eigenvalue weighted by Crippen LogP contribution is -2.45. The molecule has 9 nitrogen and oxygen atoms in total. The Bertz CT molecular complexity index is 1600. The van der Waals surface area contributed by atoms with Gasteiger partial charge in [-0.05, 0) is 61.4 Å². The normalized spacial score (nSPS) is 17.5. The second kappa shape index (κ2) is 10.1. The summed E-state index contributed by atoms with van der Waals surface area (Å²) in [6, 6.07) is 10.3. The van der Waals surface area contributed by atoms with Crippen LogP contribution in [0.15, 0.2) is 63.6 Å². The third kappa shape index (κ3) is 4.69. The zero-order valence-corrected chi connectivity index (χ0v) is 20.7. The third-order valence-corrected chi connectivity index (χ3v) is 7.43. The molecule has 4 aromatic rings. The summed E-state index contributed by atoms with van der Waals surface area (Å²) >= 11 is 1.36. The number of halogens is 1. The van der Waals surface area contributed by atoms with Gasteiger partial charge in [0, 0.05) is 12.1 Å². The number of amides is 1. The summed E-state index contributed by atoms with van der Waals surface area (Å²) in [6.45, 7) is 0. The molecule has 0 atom stereocenters. The van der Waals surface area contributed by atoms with Crippen LogP contribution in [-0.4, -0.2) is 39.1 Å². The Morgan fingerprint density at radius 3 is 2.59 bits per heavy atom. The van der Waals surface area contributed by atoms with Crippen LogP contribution in [0.2, 0.25) is 0 Å².